The van der Waals surface area contributed by atoms with Crippen LogP contribution in [0.25, 0.3) is 0 Å². The minimum atomic E-state index is 0.491. The Labute approximate surface area is 113 Å². The highest BCUT2D eigenvalue weighted by Gasteiger charge is 2.31. The molecule has 1 aromatic rings. The first-order chi connectivity index (χ1) is 8.13. The highest BCUT2D eigenvalue weighted by atomic mass is 79.9. The molecule has 1 saturated carbocycles. The van der Waals surface area contributed by atoms with E-state index in [2.05, 4.69) is 59.4 Å². The third-order valence-electron chi connectivity index (χ3n) is 4.00. The first-order valence-electron chi connectivity index (χ1n) is 6.62. The molecule has 0 radical (unpaired) electrons. The van der Waals surface area contributed by atoms with Gasteiger partial charge in [-0.25, -0.2) is 0 Å². The van der Waals surface area contributed by atoms with Crippen molar-refractivity contribution in [3.05, 3.63) is 34.3 Å². The molecule has 0 saturated heterocycles. The van der Waals surface area contributed by atoms with Gasteiger partial charge >= 0.3 is 0 Å². The maximum atomic E-state index is 3.73. The van der Waals surface area contributed by atoms with E-state index in [1.54, 1.807) is 0 Å². The maximum absolute atomic E-state index is 3.73. The average Bonchev–Trinajstić information content (AvgIpc) is 2.28. The van der Waals surface area contributed by atoms with Crippen LogP contribution in [-0.4, -0.2) is 6.54 Å². The van der Waals surface area contributed by atoms with Gasteiger partial charge in [0.2, 0.25) is 0 Å². The Kier molecular flexibility index (Phi) is 4.26. The van der Waals surface area contributed by atoms with E-state index < -0.39 is 0 Å². The molecule has 0 amide bonds. The Morgan fingerprint density at radius 2 is 2.18 bits per heavy atom. The van der Waals surface area contributed by atoms with E-state index in [1.165, 1.54) is 29.3 Å². The summed E-state index contributed by atoms with van der Waals surface area (Å²) in [6, 6.07) is 9.14. The molecular formula is C15H22BrN. The van der Waals surface area contributed by atoms with Crippen molar-refractivity contribution in [2.24, 2.45) is 5.41 Å². The first-order valence-corrected chi connectivity index (χ1v) is 7.41. The van der Waals surface area contributed by atoms with Crippen molar-refractivity contribution >= 4 is 15.9 Å². The van der Waals surface area contributed by atoms with Gasteiger partial charge < -0.3 is 5.32 Å². The van der Waals surface area contributed by atoms with Crippen molar-refractivity contribution in [1.29, 1.82) is 0 Å². The molecule has 2 rings (SSSR count). The second-order valence-corrected chi connectivity index (χ2v) is 6.48. The fraction of sp³-hybridized carbons (Fsp3) is 0.600. The SMILES string of the molecule is CCC(NCC1(C)CCC1)c1cccc(Br)c1. The highest BCUT2D eigenvalue weighted by Crippen LogP contribution is 2.40. The van der Waals surface area contributed by atoms with Crippen molar-refractivity contribution in [3.63, 3.8) is 0 Å². The molecule has 0 aliphatic heterocycles. The summed E-state index contributed by atoms with van der Waals surface area (Å²) in [5.41, 5.74) is 1.95. The van der Waals surface area contributed by atoms with E-state index in [9.17, 15) is 0 Å². The molecule has 94 valence electrons. The van der Waals surface area contributed by atoms with Crippen LogP contribution in [0.2, 0.25) is 0 Å². The van der Waals surface area contributed by atoms with Crippen LogP contribution in [-0.2, 0) is 0 Å². The molecule has 1 nitrogen and oxygen atoms in total. The van der Waals surface area contributed by atoms with E-state index in [-0.39, 0.29) is 0 Å². The van der Waals surface area contributed by atoms with Crippen LogP contribution in [0, 0.1) is 5.41 Å². The molecular weight excluding hydrogens is 274 g/mol. The molecule has 1 fully saturated rings. The topological polar surface area (TPSA) is 12.0 Å². The molecule has 1 aliphatic carbocycles. The van der Waals surface area contributed by atoms with Crippen LogP contribution < -0.4 is 5.32 Å². The fourth-order valence-electron chi connectivity index (χ4n) is 2.55. The third kappa shape index (κ3) is 3.32. The number of hydrogen-bond donors (Lipinski definition) is 1. The number of rotatable bonds is 5. The summed E-state index contributed by atoms with van der Waals surface area (Å²) < 4.78 is 1.17. The standard InChI is InChI=1S/C15H22BrN/c1-3-14(12-6-4-7-13(16)10-12)17-11-15(2)8-5-9-15/h4,6-7,10,14,17H,3,5,8-9,11H2,1-2H3. The minimum Gasteiger partial charge on any atom is -0.309 e. The quantitative estimate of drug-likeness (QED) is 0.832. The lowest BCUT2D eigenvalue weighted by Gasteiger charge is -2.39. The lowest BCUT2D eigenvalue weighted by Crippen LogP contribution is -2.38. The summed E-state index contributed by atoms with van der Waals surface area (Å²) in [6.45, 7) is 5.80. The molecule has 1 unspecified atom stereocenters. The van der Waals surface area contributed by atoms with Crippen LogP contribution in [0.5, 0.6) is 0 Å². The molecule has 2 heteroatoms. The van der Waals surface area contributed by atoms with Gasteiger partial charge in [-0.15, -0.1) is 0 Å². The second kappa shape index (κ2) is 5.53. The van der Waals surface area contributed by atoms with Crippen LogP contribution in [0.1, 0.15) is 51.1 Å². The van der Waals surface area contributed by atoms with Crippen molar-refractivity contribution < 1.29 is 0 Å². The molecule has 1 atom stereocenters. The molecule has 0 bridgehead atoms. The zero-order valence-corrected chi connectivity index (χ0v) is 12.4. The summed E-state index contributed by atoms with van der Waals surface area (Å²) in [4.78, 5) is 0. The van der Waals surface area contributed by atoms with Crippen molar-refractivity contribution in [2.75, 3.05) is 6.54 Å². The summed E-state index contributed by atoms with van der Waals surface area (Å²) in [6.07, 6.45) is 5.32. The minimum absolute atomic E-state index is 0.491. The largest absolute Gasteiger partial charge is 0.309 e. The second-order valence-electron chi connectivity index (χ2n) is 5.56. The Balaban J connectivity index is 1.96. The Morgan fingerprint density at radius 1 is 1.41 bits per heavy atom. The van der Waals surface area contributed by atoms with Crippen LogP contribution in [0.15, 0.2) is 28.7 Å². The molecule has 1 N–H and O–H groups in total. The van der Waals surface area contributed by atoms with E-state index in [0.29, 0.717) is 11.5 Å². The van der Waals surface area contributed by atoms with Crippen LogP contribution >= 0.6 is 15.9 Å². The monoisotopic (exact) mass is 295 g/mol. The van der Waals surface area contributed by atoms with Crippen molar-refractivity contribution in [3.8, 4) is 0 Å². The molecule has 1 aliphatic rings. The number of nitrogens with one attached hydrogen (secondary N) is 1. The number of benzene rings is 1. The van der Waals surface area contributed by atoms with E-state index in [0.717, 1.165) is 13.0 Å². The molecule has 1 aromatic carbocycles. The predicted octanol–water partition coefficient (Wildman–Crippen LogP) is 4.68. The fourth-order valence-corrected chi connectivity index (χ4v) is 2.96. The summed E-state index contributed by atoms with van der Waals surface area (Å²) in [5.74, 6) is 0. The maximum Gasteiger partial charge on any atom is 0.0318 e. The zero-order chi connectivity index (χ0) is 12.3. The van der Waals surface area contributed by atoms with Crippen molar-refractivity contribution in [2.45, 2.75) is 45.6 Å². The Morgan fingerprint density at radius 3 is 2.71 bits per heavy atom. The van der Waals surface area contributed by atoms with Crippen molar-refractivity contribution in [1.82, 2.24) is 5.32 Å². The van der Waals surface area contributed by atoms with E-state index >= 15 is 0 Å². The molecule has 0 aromatic heterocycles. The Hall–Kier alpha value is -0.340. The van der Waals surface area contributed by atoms with E-state index in [4.69, 9.17) is 0 Å². The summed E-state index contributed by atoms with van der Waals surface area (Å²) in [7, 11) is 0. The number of halogens is 1. The zero-order valence-electron chi connectivity index (χ0n) is 10.8. The van der Waals surface area contributed by atoms with Gasteiger partial charge in [-0.05, 0) is 42.4 Å². The lowest BCUT2D eigenvalue weighted by atomic mass is 9.70. The van der Waals surface area contributed by atoms with Gasteiger partial charge in [-0.2, -0.15) is 0 Å². The molecule has 0 heterocycles. The summed E-state index contributed by atoms with van der Waals surface area (Å²) >= 11 is 3.55. The normalized spacial score (nSPS) is 19.7. The summed E-state index contributed by atoms with van der Waals surface area (Å²) in [5, 5.41) is 3.73. The molecule has 17 heavy (non-hydrogen) atoms. The third-order valence-corrected chi connectivity index (χ3v) is 4.49. The van der Waals surface area contributed by atoms with Gasteiger partial charge in [0.1, 0.15) is 0 Å². The van der Waals surface area contributed by atoms with Gasteiger partial charge in [-0.1, -0.05) is 48.3 Å². The highest BCUT2D eigenvalue weighted by molar-refractivity contribution is 9.10. The first kappa shape index (κ1) is 13.1. The van der Waals surface area contributed by atoms with Gasteiger partial charge in [0.15, 0.2) is 0 Å². The number of hydrogen-bond acceptors (Lipinski definition) is 1. The van der Waals surface area contributed by atoms with Crippen LogP contribution in [0.3, 0.4) is 0 Å². The Bertz CT molecular complexity index is 371. The smallest absolute Gasteiger partial charge is 0.0318 e. The molecule has 0 spiro atoms. The van der Waals surface area contributed by atoms with Gasteiger partial charge in [0.05, 0.1) is 0 Å². The van der Waals surface area contributed by atoms with Gasteiger partial charge in [0.25, 0.3) is 0 Å². The van der Waals surface area contributed by atoms with Gasteiger partial charge in [0, 0.05) is 17.1 Å². The van der Waals surface area contributed by atoms with Gasteiger partial charge in [-0.3, -0.25) is 0 Å². The van der Waals surface area contributed by atoms with E-state index in [1.807, 2.05) is 0 Å². The predicted molar refractivity (Wildman–Crippen MR) is 77.1 cm³/mol. The lowest BCUT2D eigenvalue weighted by molar-refractivity contribution is 0.150. The average molecular weight is 296 g/mol. The van der Waals surface area contributed by atoms with Crippen LogP contribution in [0.4, 0.5) is 0 Å².